The summed E-state index contributed by atoms with van der Waals surface area (Å²) in [7, 11) is 1.57. The van der Waals surface area contributed by atoms with E-state index in [1.54, 1.807) is 37.6 Å². The number of hydrogen-bond donors (Lipinski definition) is 0. The van der Waals surface area contributed by atoms with E-state index in [-0.39, 0.29) is 5.91 Å². The second kappa shape index (κ2) is 6.27. The quantitative estimate of drug-likeness (QED) is 0.799. The van der Waals surface area contributed by atoms with Crippen molar-refractivity contribution in [2.45, 2.75) is 6.04 Å². The van der Waals surface area contributed by atoms with Crippen LogP contribution in [0.2, 0.25) is 0 Å². The Hall–Kier alpha value is -2.58. The SMILES string of the molecule is COc1ccc2c(c1Br)C(C#N)N(C(=O)c1ccccc1)C=C2. The van der Waals surface area contributed by atoms with Crippen molar-refractivity contribution in [1.82, 2.24) is 4.90 Å². The Kier molecular flexibility index (Phi) is 4.18. The highest BCUT2D eigenvalue weighted by Gasteiger charge is 2.31. The van der Waals surface area contributed by atoms with E-state index in [1.165, 1.54) is 4.90 Å². The Morgan fingerprint density at radius 3 is 2.65 bits per heavy atom. The molecule has 1 unspecified atom stereocenters. The maximum absolute atomic E-state index is 12.7. The molecular formula is C18H13BrN2O2. The third-order valence-corrected chi connectivity index (χ3v) is 4.56. The van der Waals surface area contributed by atoms with Crippen molar-refractivity contribution in [2.75, 3.05) is 7.11 Å². The van der Waals surface area contributed by atoms with Gasteiger partial charge in [0, 0.05) is 17.3 Å². The van der Waals surface area contributed by atoms with Crippen molar-refractivity contribution < 1.29 is 9.53 Å². The summed E-state index contributed by atoms with van der Waals surface area (Å²) >= 11 is 3.49. The van der Waals surface area contributed by atoms with Crippen LogP contribution in [0.5, 0.6) is 5.75 Å². The topological polar surface area (TPSA) is 53.3 Å². The lowest BCUT2D eigenvalue weighted by molar-refractivity contribution is 0.0794. The first-order chi connectivity index (χ1) is 11.2. The number of carbonyl (C=O) groups excluding carboxylic acids is 1. The summed E-state index contributed by atoms with van der Waals surface area (Å²) < 4.78 is 5.99. The Bertz CT molecular complexity index is 825. The zero-order valence-electron chi connectivity index (χ0n) is 12.4. The van der Waals surface area contributed by atoms with E-state index in [9.17, 15) is 10.1 Å². The second-order valence-corrected chi connectivity index (χ2v) is 5.80. The van der Waals surface area contributed by atoms with Crippen LogP contribution < -0.4 is 4.74 Å². The highest BCUT2D eigenvalue weighted by Crippen LogP contribution is 2.40. The van der Waals surface area contributed by atoms with Gasteiger partial charge in [-0.1, -0.05) is 24.3 Å². The molecule has 1 aliphatic rings. The van der Waals surface area contributed by atoms with Gasteiger partial charge in [0.1, 0.15) is 5.75 Å². The number of nitriles is 1. The van der Waals surface area contributed by atoms with E-state index in [0.717, 1.165) is 11.1 Å². The minimum atomic E-state index is -0.716. The van der Waals surface area contributed by atoms with E-state index in [4.69, 9.17) is 4.74 Å². The van der Waals surface area contributed by atoms with E-state index >= 15 is 0 Å². The van der Waals surface area contributed by atoms with E-state index in [2.05, 4.69) is 22.0 Å². The lowest BCUT2D eigenvalue weighted by atomic mass is 9.96. The molecule has 0 saturated carbocycles. The molecule has 0 saturated heterocycles. The van der Waals surface area contributed by atoms with E-state index in [0.29, 0.717) is 15.8 Å². The van der Waals surface area contributed by atoms with Crippen molar-refractivity contribution >= 4 is 27.9 Å². The summed E-state index contributed by atoms with van der Waals surface area (Å²) in [5.41, 5.74) is 2.17. The van der Waals surface area contributed by atoms with Crippen LogP contribution in [0, 0.1) is 11.3 Å². The molecule has 4 nitrogen and oxygen atoms in total. The van der Waals surface area contributed by atoms with Crippen molar-refractivity contribution in [3.8, 4) is 11.8 Å². The Labute approximate surface area is 142 Å². The van der Waals surface area contributed by atoms with Crippen LogP contribution in [0.4, 0.5) is 0 Å². The number of rotatable bonds is 2. The molecule has 0 aliphatic carbocycles. The molecule has 1 atom stereocenters. The predicted molar refractivity (Wildman–Crippen MR) is 90.7 cm³/mol. The van der Waals surface area contributed by atoms with Gasteiger partial charge < -0.3 is 4.74 Å². The maximum atomic E-state index is 12.7. The first kappa shape index (κ1) is 15.3. The van der Waals surface area contributed by atoms with Crippen LogP contribution in [-0.2, 0) is 0 Å². The molecule has 5 heteroatoms. The summed E-state index contributed by atoms with van der Waals surface area (Å²) in [4.78, 5) is 14.2. The highest BCUT2D eigenvalue weighted by atomic mass is 79.9. The van der Waals surface area contributed by atoms with Gasteiger partial charge >= 0.3 is 0 Å². The molecule has 0 radical (unpaired) electrons. The lowest BCUT2D eigenvalue weighted by Gasteiger charge is -2.30. The Morgan fingerprint density at radius 1 is 1.26 bits per heavy atom. The van der Waals surface area contributed by atoms with Gasteiger partial charge in [-0.3, -0.25) is 9.69 Å². The lowest BCUT2D eigenvalue weighted by Crippen LogP contribution is -2.32. The van der Waals surface area contributed by atoms with Crippen molar-refractivity contribution in [3.63, 3.8) is 0 Å². The third kappa shape index (κ3) is 2.62. The molecule has 0 spiro atoms. The minimum Gasteiger partial charge on any atom is -0.496 e. The summed E-state index contributed by atoms with van der Waals surface area (Å²) in [5, 5.41) is 9.65. The van der Waals surface area contributed by atoms with E-state index in [1.807, 2.05) is 24.3 Å². The van der Waals surface area contributed by atoms with Gasteiger partial charge in [0.05, 0.1) is 17.7 Å². The maximum Gasteiger partial charge on any atom is 0.259 e. The summed E-state index contributed by atoms with van der Waals surface area (Å²) in [5.74, 6) is 0.417. The molecule has 3 rings (SSSR count). The molecule has 114 valence electrons. The fraction of sp³-hybridized carbons (Fsp3) is 0.111. The Morgan fingerprint density at radius 2 is 2.00 bits per heavy atom. The molecule has 0 N–H and O–H groups in total. The predicted octanol–water partition coefficient (Wildman–Crippen LogP) is 4.15. The fourth-order valence-electron chi connectivity index (χ4n) is 2.60. The van der Waals surface area contributed by atoms with Gasteiger partial charge in [0.25, 0.3) is 5.91 Å². The fourth-order valence-corrected chi connectivity index (χ4v) is 3.34. The first-order valence-corrected chi connectivity index (χ1v) is 7.78. The van der Waals surface area contributed by atoms with Gasteiger partial charge in [0.15, 0.2) is 6.04 Å². The van der Waals surface area contributed by atoms with Crippen LogP contribution >= 0.6 is 15.9 Å². The number of nitrogens with zero attached hydrogens (tertiary/aromatic N) is 2. The van der Waals surface area contributed by atoms with Crippen LogP contribution in [-0.4, -0.2) is 17.9 Å². The standard InChI is InChI=1S/C18H13BrN2O2/c1-23-15-8-7-12-9-10-21(14(11-20)16(12)17(15)19)18(22)13-5-3-2-4-6-13/h2-10,14H,1H3. The molecular weight excluding hydrogens is 356 g/mol. The zero-order valence-corrected chi connectivity index (χ0v) is 13.9. The van der Waals surface area contributed by atoms with Gasteiger partial charge in [-0.2, -0.15) is 5.26 Å². The average molecular weight is 369 g/mol. The van der Waals surface area contributed by atoms with Gasteiger partial charge in [-0.05, 0) is 45.8 Å². The first-order valence-electron chi connectivity index (χ1n) is 6.99. The molecule has 1 amide bonds. The molecule has 0 fully saturated rings. The van der Waals surface area contributed by atoms with Crippen molar-refractivity contribution in [3.05, 3.63) is 69.8 Å². The molecule has 23 heavy (non-hydrogen) atoms. The highest BCUT2D eigenvalue weighted by molar-refractivity contribution is 9.10. The molecule has 1 aliphatic heterocycles. The number of hydrogen-bond acceptors (Lipinski definition) is 3. The molecule has 0 bridgehead atoms. The number of benzene rings is 2. The number of halogens is 1. The van der Waals surface area contributed by atoms with Crippen LogP contribution in [0.1, 0.15) is 27.5 Å². The largest absolute Gasteiger partial charge is 0.496 e. The Balaban J connectivity index is 2.07. The number of fused-ring (bicyclic) bond motifs is 1. The number of carbonyl (C=O) groups is 1. The monoisotopic (exact) mass is 368 g/mol. The minimum absolute atomic E-state index is 0.214. The summed E-state index contributed by atoms with van der Waals surface area (Å²) in [6.45, 7) is 0. The van der Waals surface area contributed by atoms with Crippen LogP contribution in [0.3, 0.4) is 0 Å². The number of ether oxygens (including phenoxy) is 1. The van der Waals surface area contributed by atoms with Gasteiger partial charge in [-0.15, -0.1) is 0 Å². The van der Waals surface area contributed by atoms with Crippen LogP contribution in [0.25, 0.3) is 6.08 Å². The molecule has 0 aromatic heterocycles. The molecule has 2 aromatic carbocycles. The smallest absolute Gasteiger partial charge is 0.259 e. The van der Waals surface area contributed by atoms with Gasteiger partial charge in [0.2, 0.25) is 0 Å². The second-order valence-electron chi connectivity index (χ2n) is 5.01. The summed E-state index contributed by atoms with van der Waals surface area (Å²) in [6.07, 6.45) is 3.48. The van der Waals surface area contributed by atoms with E-state index < -0.39 is 6.04 Å². The third-order valence-electron chi connectivity index (χ3n) is 3.74. The molecule has 1 heterocycles. The zero-order chi connectivity index (χ0) is 16.4. The number of amides is 1. The normalized spacial score (nSPS) is 15.7. The number of methoxy groups -OCH3 is 1. The average Bonchev–Trinajstić information content (AvgIpc) is 2.61. The van der Waals surface area contributed by atoms with Crippen LogP contribution in [0.15, 0.2) is 53.1 Å². The van der Waals surface area contributed by atoms with Crippen molar-refractivity contribution in [1.29, 1.82) is 5.26 Å². The van der Waals surface area contributed by atoms with Gasteiger partial charge in [-0.25, -0.2) is 0 Å². The van der Waals surface area contributed by atoms with Crippen molar-refractivity contribution in [2.24, 2.45) is 0 Å². The summed E-state index contributed by atoms with van der Waals surface area (Å²) in [6, 6.07) is 14.1. The molecule has 2 aromatic rings.